The predicted octanol–water partition coefficient (Wildman–Crippen LogP) is 1.25. The van der Waals surface area contributed by atoms with Gasteiger partial charge < -0.3 is 9.88 Å². The van der Waals surface area contributed by atoms with Crippen LogP contribution in [0.5, 0.6) is 0 Å². The molecular weight excluding hydrogens is 238 g/mol. The highest BCUT2D eigenvalue weighted by molar-refractivity contribution is 7.07. The van der Waals surface area contributed by atoms with Gasteiger partial charge in [0.25, 0.3) is 5.91 Å². The topological polar surface area (TPSA) is 72.7 Å². The average molecular weight is 251 g/mol. The van der Waals surface area contributed by atoms with Gasteiger partial charge >= 0.3 is 0 Å². The van der Waals surface area contributed by atoms with Crippen LogP contribution >= 0.6 is 11.3 Å². The lowest BCUT2D eigenvalue weighted by molar-refractivity contribution is 0.0945. The first kappa shape index (κ1) is 11.7. The predicted molar refractivity (Wildman–Crippen MR) is 63.7 cm³/mol. The monoisotopic (exact) mass is 251 g/mol. The molecule has 2 heterocycles. The molecule has 0 aromatic carbocycles. The van der Waals surface area contributed by atoms with Gasteiger partial charge in [0.05, 0.1) is 12.1 Å². The molecule has 90 valence electrons. The van der Waals surface area contributed by atoms with Crippen molar-refractivity contribution >= 4 is 17.2 Å². The number of aromatic nitrogens is 4. The normalized spacial score (nSPS) is 10.8. The second kappa shape index (κ2) is 5.05. The van der Waals surface area contributed by atoms with Crippen molar-refractivity contribution in [1.29, 1.82) is 0 Å². The summed E-state index contributed by atoms with van der Waals surface area (Å²) in [6.45, 7) is 4.43. The van der Waals surface area contributed by atoms with Crippen LogP contribution in [0, 0.1) is 0 Å². The largest absolute Gasteiger partial charge is 0.343 e. The minimum absolute atomic E-state index is 0.190. The summed E-state index contributed by atoms with van der Waals surface area (Å²) < 4.78 is 1.92. The molecule has 0 aliphatic carbocycles. The zero-order valence-corrected chi connectivity index (χ0v) is 10.4. The Balaban J connectivity index is 1.98. The maximum Gasteiger partial charge on any atom is 0.271 e. The first-order valence-electron chi connectivity index (χ1n) is 5.23. The Labute approximate surface area is 103 Å². The molecule has 0 saturated heterocycles. The minimum atomic E-state index is -0.190. The van der Waals surface area contributed by atoms with Crippen LogP contribution in [0.1, 0.15) is 36.2 Å². The van der Waals surface area contributed by atoms with E-state index in [4.69, 9.17) is 0 Å². The molecule has 0 saturated carbocycles. The first-order chi connectivity index (χ1) is 8.18. The van der Waals surface area contributed by atoms with E-state index in [9.17, 15) is 4.79 Å². The van der Waals surface area contributed by atoms with Crippen molar-refractivity contribution in [2.45, 2.75) is 26.4 Å². The fraction of sp³-hybridized carbons (Fsp3) is 0.400. The van der Waals surface area contributed by atoms with Crippen LogP contribution in [0.2, 0.25) is 0 Å². The van der Waals surface area contributed by atoms with Crippen LogP contribution in [-0.2, 0) is 6.54 Å². The summed E-state index contributed by atoms with van der Waals surface area (Å²) in [5.41, 5.74) is 2.07. The Morgan fingerprint density at radius 2 is 2.41 bits per heavy atom. The van der Waals surface area contributed by atoms with E-state index in [-0.39, 0.29) is 11.9 Å². The van der Waals surface area contributed by atoms with Crippen molar-refractivity contribution in [3.63, 3.8) is 0 Å². The molecule has 0 aliphatic rings. The molecule has 0 atom stereocenters. The lowest BCUT2D eigenvalue weighted by Gasteiger charge is -2.10. The van der Waals surface area contributed by atoms with Crippen molar-refractivity contribution in [3.05, 3.63) is 28.7 Å². The number of carbonyl (C=O) groups excluding carboxylic acids is 1. The number of rotatable bonds is 4. The molecule has 0 unspecified atom stereocenters. The van der Waals surface area contributed by atoms with E-state index in [0.29, 0.717) is 12.2 Å². The summed E-state index contributed by atoms with van der Waals surface area (Å²) in [5, 5.41) is 12.3. The number of amides is 1. The van der Waals surface area contributed by atoms with Crippen LogP contribution < -0.4 is 5.32 Å². The summed E-state index contributed by atoms with van der Waals surface area (Å²) in [5.74, 6) is 0.549. The molecule has 7 heteroatoms. The summed E-state index contributed by atoms with van der Waals surface area (Å²) in [4.78, 5) is 15.6. The molecule has 2 aromatic rings. The smallest absolute Gasteiger partial charge is 0.271 e. The van der Waals surface area contributed by atoms with Gasteiger partial charge in [-0.05, 0) is 13.8 Å². The van der Waals surface area contributed by atoms with E-state index in [0.717, 1.165) is 5.82 Å². The molecule has 0 spiro atoms. The van der Waals surface area contributed by atoms with Gasteiger partial charge in [-0.1, -0.05) is 0 Å². The van der Waals surface area contributed by atoms with Crippen LogP contribution in [0.25, 0.3) is 0 Å². The van der Waals surface area contributed by atoms with Gasteiger partial charge in [0.2, 0.25) is 0 Å². The maximum absolute atomic E-state index is 11.7. The van der Waals surface area contributed by atoms with Gasteiger partial charge in [-0.25, -0.2) is 4.98 Å². The molecule has 6 nitrogen and oxygen atoms in total. The van der Waals surface area contributed by atoms with Crippen molar-refractivity contribution in [1.82, 2.24) is 25.1 Å². The number of nitrogens with one attached hydrogen (secondary N) is 1. The van der Waals surface area contributed by atoms with E-state index >= 15 is 0 Å². The molecule has 17 heavy (non-hydrogen) atoms. The van der Waals surface area contributed by atoms with E-state index < -0.39 is 0 Å². The molecular formula is C10H13N5OS. The van der Waals surface area contributed by atoms with Crippen LogP contribution in [0.4, 0.5) is 0 Å². The van der Waals surface area contributed by atoms with E-state index in [2.05, 4.69) is 20.5 Å². The quantitative estimate of drug-likeness (QED) is 0.887. The number of thiazole rings is 1. The van der Waals surface area contributed by atoms with Crippen LogP contribution in [-0.4, -0.2) is 25.7 Å². The molecule has 2 rings (SSSR count). The number of carbonyl (C=O) groups is 1. The van der Waals surface area contributed by atoms with E-state index in [1.807, 2.05) is 18.4 Å². The third kappa shape index (κ3) is 2.68. The summed E-state index contributed by atoms with van der Waals surface area (Å²) in [7, 11) is 0. The zero-order chi connectivity index (χ0) is 12.3. The number of hydrogen-bond donors (Lipinski definition) is 1. The Kier molecular flexibility index (Phi) is 3.48. The standard InChI is InChI=1S/C10H13N5OS/c1-7(2)15-5-13-14-9(15)3-11-10(16)8-4-17-6-12-8/h4-7H,3H2,1-2H3,(H,11,16). The van der Waals surface area contributed by atoms with Crippen molar-refractivity contribution in [3.8, 4) is 0 Å². The lowest BCUT2D eigenvalue weighted by Crippen LogP contribution is -2.25. The number of hydrogen-bond acceptors (Lipinski definition) is 5. The molecule has 1 N–H and O–H groups in total. The lowest BCUT2D eigenvalue weighted by atomic mass is 10.4. The average Bonchev–Trinajstić information content (AvgIpc) is 2.96. The van der Waals surface area contributed by atoms with Gasteiger partial charge in [0, 0.05) is 11.4 Å². The van der Waals surface area contributed by atoms with Crippen molar-refractivity contribution in [2.24, 2.45) is 0 Å². The van der Waals surface area contributed by atoms with E-state index in [1.54, 1.807) is 17.2 Å². The van der Waals surface area contributed by atoms with Crippen LogP contribution in [0.3, 0.4) is 0 Å². The van der Waals surface area contributed by atoms with Gasteiger partial charge in [0.15, 0.2) is 5.82 Å². The molecule has 1 amide bonds. The highest BCUT2D eigenvalue weighted by Gasteiger charge is 2.11. The Hall–Kier alpha value is -1.76. The van der Waals surface area contributed by atoms with Gasteiger partial charge in [0.1, 0.15) is 12.0 Å². The third-order valence-corrected chi connectivity index (χ3v) is 2.86. The second-order valence-corrected chi connectivity index (χ2v) is 4.52. The fourth-order valence-electron chi connectivity index (χ4n) is 1.40. The third-order valence-electron chi connectivity index (χ3n) is 2.28. The molecule has 0 aliphatic heterocycles. The summed E-state index contributed by atoms with van der Waals surface area (Å²) in [6.07, 6.45) is 1.66. The Morgan fingerprint density at radius 3 is 3.06 bits per heavy atom. The van der Waals surface area contributed by atoms with E-state index in [1.165, 1.54) is 11.3 Å². The zero-order valence-electron chi connectivity index (χ0n) is 9.62. The Morgan fingerprint density at radius 1 is 1.59 bits per heavy atom. The SMILES string of the molecule is CC(C)n1cnnc1CNC(=O)c1cscn1. The van der Waals surface area contributed by atoms with Gasteiger partial charge in [-0.3, -0.25) is 4.79 Å². The highest BCUT2D eigenvalue weighted by atomic mass is 32.1. The summed E-state index contributed by atoms with van der Waals surface area (Å²) in [6, 6.07) is 0.274. The molecule has 0 fully saturated rings. The number of nitrogens with zero attached hydrogens (tertiary/aromatic N) is 4. The van der Waals surface area contributed by atoms with Gasteiger partial charge in [-0.2, -0.15) is 0 Å². The van der Waals surface area contributed by atoms with Crippen molar-refractivity contribution < 1.29 is 4.79 Å². The fourth-order valence-corrected chi connectivity index (χ4v) is 1.93. The van der Waals surface area contributed by atoms with Gasteiger partial charge in [-0.15, -0.1) is 21.5 Å². The van der Waals surface area contributed by atoms with Crippen LogP contribution in [0.15, 0.2) is 17.2 Å². The summed E-state index contributed by atoms with van der Waals surface area (Å²) >= 11 is 1.39. The molecule has 0 bridgehead atoms. The molecule has 0 radical (unpaired) electrons. The first-order valence-corrected chi connectivity index (χ1v) is 6.17. The highest BCUT2D eigenvalue weighted by Crippen LogP contribution is 2.06. The molecule has 2 aromatic heterocycles. The second-order valence-electron chi connectivity index (χ2n) is 3.80. The maximum atomic E-state index is 11.7. The minimum Gasteiger partial charge on any atom is -0.343 e. The Bertz CT molecular complexity index is 491. The van der Waals surface area contributed by atoms with Crippen molar-refractivity contribution in [2.75, 3.05) is 0 Å².